The molecule has 0 radical (unpaired) electrons. The largest absolute Gasteiger partial charge is 0.481 e. The molecule has 4 nitrogen and oxygen atoms in total. The van der Waals surface area contributed by atoms with E-state index >= 15 is 0 Å². The smallest absolute Gasteiger partial charge is 0.307 e. The maximum Gasteiger partial charge on any atom is 0.307 e. The Kier molecular flexibility index (Phi) is 5.17. The summed E-state index contributed by atoms with van der Waals surface area (Å²) < 4.78 is 0.630. The van der Waals surface area contributed by atoms with Crippen molar-refractivity contribution < 1.29 is 14.7 Å². The van der Waals surface area contributed by atoms with E-state index in [-0.39, 0.29) is 16.8 Å². The Hall–Kier alpha value is -0.780. The minimum atomic E-state index is -0.931. The summed E-state index contributed by atoms with van der Waals surface area (Å²) in [7, 11) is 0. The maximum atomic E-state index is 12.3. The number of amides is 1. The molecule has 1 aromatic rings. The summed E-state index contributed by atoms with van der Waals surface area (Å²) in [5.74, 6) is -2.24. The van der Waals surface area contributed by atoms with Crippen LogP contribution in [0.3, 0.4) is 0 Å². The first-order chi connectivity index (χ1) is 9.81. The molecule has 2 N–H and O–H groups in total. The Labute approximate surface area is 140 Å². The molecule has 1 saturated carbocycles. The minimum absolute atomic E-state index is 0.214. The van der Waals surface area contributed by atoms with Crippen molar-refractivity contribution in [1.82, 2.24) is 0 Å². The predicted octanol–water partition coefficient (Wildman–Crippen LogP) is 4.44. The SMILES string of the molecule is CC1C[C@H](C(=O)Nc2ccc(Br)c(Cl)c2Cl)[C@H](C(=O)O)C1. The van der Waals surface area contributed by atoms with Crippen LogP contribution in [-0.4, -0.2) is 17.0 Å². The van der Waals surface area contributed by atoms with E-state index in [0.717, 1.165) is 0 Å². The summed E-state index contributed by atoms with van der Waals surface area (Å²) in [4.78, 5) is 23.6. The molecule has 1 fully saturated rings. The summed E-state index contributed by atoms with van der Waals surface area (Å²) in [6.07, 6.45) is 1.08. The van der Waals surface area contributed by atoms with Crippen molar-refractivity contribution in [3.05, 3.63) is 26.7 Å². The van der Waals surface area contributed by atoms with Crippen LogP contribution >= 0.6 is 39.1 Å². The molecule has 114 valence electrons. The normalized spacial score (nSPS) is 24.9. The van der Waals surface area contributed by atoms with E-state index in [1.807, 2.05) is 6.92 Å². The Morgan fingerprint density at radius 2 is 1.86 bits per heavy atom. The average Bonchev–Trinajstić information content (AvgIpc) is 2.82. The van der Waals surface area contributed by atoms with Crippen molar-refractivity contribution in [1.29, 1.82) is 0 Å². The van der Waals surface area contributed by atoms with Gasteiger partial charge in [-0.3, -0.25) is 9.59 Å². The number of nitrogens with one attached hydrogen (secondary N) is 1. The van der Waals surface area contributed by atoms with Gasteiger partial charge in [-0.05, 0) is 46.8 Å². The van der Waals surface area contributed by atoms with E-state index in [2.05, 4.69) is 21.2 Å². The van der Waals surface area contributed by atoms with Crippen LogP contribution in [0.25, 0.3) is 0 Å². The van der Waals surface area contributed by atoms with Gasteiger partial charge in [-0.2, -0.15) is 0 Å². The van der Waals surface area contributed by atoms with Crippen molar-refractivity contribution in [2.45, 2.75) is 19.8 Å². The Morgan fingerprint density at radius 1 is 1.24 bits per heavy atom. The number of hydrogen-bond acceptors (Lipinski definition) is 2. The van der Waals surface area contributed by atoms with E-state index in [4.69, 9.17) is 23.2 Å². The van der Waals surface area contributed by atoms with Gasteiger partial charge in [0.15, 0.2) is 0 Å². The molecule has 21 heavy (non-hydrogen) atoms. The molecule has 7 heteroatoms. The van der Waals surface area contributed by atoms with E-state index in [1.165, 1.54) is 0 Å². The van der Waals surface area contributed by atoms with Crippen LogP contribution in [0.1, 0.15) is 19.8 Å². The third kappa shape index (κ3) is 3.52. The van der Waals surface area contributed by atoms with Gasteiger partial charge in [0.1, 0.15) is 0 Å². The van der Waals surface area contributed by atoms with Crippen LogP contribution in [-0.2, 0) is 9.59 Å². The first kappa shape index (κ1) is 16.6. The molecule has 1 aromatic carbocycles. The van der Waals surface area contributed by atoms with Crippen molar-refractivity contribution in [2.24, 2.45) is 17.8 Å². The summed E-state index contributed by atoms with van der Waals surface area (Å²) in [5.41, 5.74) is 0.388. The fourth-order valence-electron chi connectivity index (χ4n) is 2.70. The first-order valence-electron chi connectivity index (χ1n) is 6.48. The molecule has 1 aliphatic carbocycles. The Balaban J connectivity index is 2.18. The number of aliphatic carboxylic acids is 1. The van der Waals surface area contributed by atoms with Crippen LogP contribution in [0.2, 0.25) is 10.0 Å². The highest BCUT2D eigenvalue weighted by Crippen LogP contribution is 2.39. The lowest BCUT2D eigenvalue weighted by molar-refractivity contribution is -0.145. The molecule has 0 aliphatic heterocycles. The second-order valence-electron chi connectivity index (χ2n) is 5.34. The number of carboxylic acids is 1. The van der Waals surface area contributed by atoms with Crippen molar-refractivity contribution >= 4 is 56.7 Å². The molecular formula is C14H14BrCl2NO3. The van der Waals surface area contributed by atoms with Gasteiger partial charge in [-0.15, -0.1) is 0 Å². The van der Waals surface area contributed by atoms with E-state index in [1.54, 1.807) is 12.1 Å². The highest BCUT2D eigenvalue weighted by atomic mass is 79.9. The number of rotatable bonds is 3. The fraction of sp³-hybridized carbons (Fsp3) is 0.429. The molecule has 1 unspecified atom stereocenters. The topological polar surface area (TPSA) is 66.4 Å². The molecule has 0 bridgehead atoms. The molecule has 1 amide bonds. The van der Waals surface area contributed by atoms with Crippen LogP contribution in [0.4, 0.5) is 5.69 Å². The van der Waals surface area contributed by atoms with Gasteiger partial charge in [0.05, 0.1) is 27.6 Å². The number of hydrogen-bond donors (Lipinski definition) is 2. The fourth-order valence-corrected chi connectivity index (χ4v) is 3.52. The molecule has 0 heterocycles. The summed E-state index contributed by atoms with van der Waals surface area (Å²) in [6.45, 7) is 1.95. The Morgan fingerprint density at radius 3 is 2.48 bits per heavy atom. The van der Waals surface area contributed by atoms with E-state index in [0.29, 0.717) is 28.0 Å². The highest BCUT2D eigenvalue weighted by Gasteiger charge is 2.41. The zero-order valence-electron chi connectivity index (χ0n) is 11.2. The molecule has 0 aromatic heterocycles. The van der Waals surface area contributed by atoms with Gasteiger partial charge in [0.2, 0.25) is 5.91 Å². The van der Waals surface area contributed by atoms with Crippen molar-refractivity contribution in [2.75, 3.05) is 5.32 Å². The van der Waals surface area contributed by atoms with E-state index in [9.17, 15) is 14.7 Å². The molecule has 0 saturated heterocycles. The van der Waals surface area contributed by atoms with Crippen LogP contribution in [0.5, 0.6) is 0 Å². The van der Waals surface area contributed by atoms with Crippen molar-refractivity contribution in [3.8, 4) is 0 Å². The molecule has 0 spiro atoms. The zero-order valence-corrected chi connectivity index (χ0v) is 14.3. The Bertz CT molecular complexity index is 594. The van der Waals surface area contributed by atoms with Gasteiger partial charge in [0.25, 0.3) is 0 Å². The first-order valence-corrected chi connectivity index (χ1v) is 8.03. The van der Waals surface area contributed by atoms with Gasteiger partial charge in [-0.25, -0.2) is 0 Å². The lowest BCUT2D eigenvalue weighted by Gasteiger charge is -2.16. The molecule has 3 atom stereocenters. The number of carboxylic acid groups (broad SMARTS) is 1. The van der Waals surface area contributed by atoms with Gasteiger partial charge in [-0.1, -0.05) is 30.1 Å². The molecular weight excluding hydrogens is 381 g/mol. The average molecular weight is 395 g/mol. The monoisotopic (exact) mass is 393 g/mol. The second kappa shape index (κ2) is 6.55. The zero-order chi connectivity index (χ0) is 15.7. The summed E-state index contributed by atoms with van der Waals surface area (Å²) in [5, 5.41) is 12.4. The van der Waals surface area contributed by atoms with Crippen LogP contribution in [0.15, 0.2) is 16.6 Å². The van der Waals surface area contributed by atoms with Gasteiger partial charge in [0, 0.05) is 4.47 Å². The number of carbonyl (C=O) groups is 2. The van der Waals surface area contributed by atoms with Crippen molar-refractivity contribution in [3.63, 3.8) is 0 Å². The maximum absolute atomic E-state index is 12.3. The van der Waals surface area contributed by atoms with Gasteiger partial charge < -0.3 is 10.4 Å². The number of anilines is 1. The number of halogens is 3. The third-order valence-electron chi connectivity index (χ3n) is 3.75. The summed E-state index contributed by atoms with van der Waals surface area (Å²) in [6, 6.07) is 3.31. The lowest BCUT2D eigenvalue weighted by Crippen LogP contribution is -2.30. The third-order valence-corrected chi connectivity index (χ3v) is 5.52. The summed E-state index contributed by atoms with van der Waals surface area (Å²) >= 11 is 15.3. The molecule has 1 aliphatic rings. The predicted molar refractivity (Wildman–Crippen MR) is 85.8 cm³/mol. The highest BCUT2D eigenvalue weighted by molar-refractivity contribution is 9.10. The second-order valence-corrected chi connectivity index (χ2v) is 6.95. The van der Waals surface area contributed by atoms with E-state index < -0.39 is 17.8 Å². The standard InChI is InChI=1S/C14H14BrCl2NO3/c1-6-4-7(8(5-6)14(20)21)13(19)18-10-3-2-9(15)11(16)12(10)17/h2-3,6-8H,4-5H2,1H3,(H,18,19)(H,20,21)/t6?,7-,8+/m0/s1. The van der Waals surface area contributed by atoms with Gasteiger partial charge >= 0.3 is 5.97 Å². The van der Waals surface area contributed by atoms with Crippen LogP contribution < -0.4 is 5.32 Å². The molecule has 2 rings (SSSR count). The minimum Gasteiger partial charge on any atom is -0.481 e. The van der Waals surface area contributed by atoms with Crippen LogP contribution in [0, 0.1) is 17.8 Å². The quantitative estimate of drug-likeness (QED) is 0.744. The number of carbonyl (C=O) groups excluding carboxylic acids is 1. The number of benzene rings is 1. The lowest BCUT2D eigenvalue weighted by atomic mass is 9.95.